The van der Waals surface area contributed by atoms with E-state index in [2.05, 4.69) is 4.98 Å². The molecule has 1 aromatic rings. The van der Waals surface area contributed by atoms with E-state index in [4.69, 9.17) is 0 Å². The summed E-state index contributed by atoms with van der Waals surface area (Å²) in [5, 5.41) is 10.1. The molecule has 2 N–H and O–H groups in total. The lowest BCUT2D eigenvalue weighted by atomic mass is 10.2. The molecule has 14 heavy (non-hydrogen) atoms. The zero-order valence-electron chi connectivity index (χ0n) is 7.29. The number of carboxylic acids is 1. The van der Waals surface area contributed by atoms with Gasteiger partial charge in [0.15, 0.2) is 0 Å². The van der Waals surface area contributed by atoms with Crippen molar-refractivity contribution in [3.05, 3.63) is 38.2 Å². The molecule has 0 fully saturated rings. The lowest BCUT2D eigenvalue weighted by Crippen LogP contribution is -2.25. The van der Waals surface area contributed by atoms with Crippen molar-refractivity contribution in [2.45, 2.75) is 6.92 Å². The molecule has 0 aromatic carbocycles. The average molecular weight is 195 g/mol. The number of hydrogen-bond donors (Lipinski definition) is 2. The van der Waals surface area contributed by atoms with E-state index in [-0.39, 0.29) is 5.56 Å². The van der Waals surface area contributed by atoms with E-state index in [0.29, 0.717) is 5.69 Å². The Hall–Kier alpha value is -2.11. The maximum atomic E-state index is 11.1. The molecule has 0 amide bonds. The molecule has 0 bridgehead atoms. The fraction of sp³-hybridized carbons (Fsp3) is 0.125. The quantitative estimate of drug-likeness (QED) is 0.539. The van der Waals surface area contributed by atoms with Gasteiger partial charge in [0.05, 0.1) is 11.5 Å². The van der Waals surface area contributed by atoms with Crippen molar-refractivity contribution in [1.82, 2.24) is 9.97 Å². The third-order valence-corrected chi connectivity index (χ3v) is 1.56. The molecule has 0 saturated heterocycles. The zero-order chi connectivity index (χ0) is 10.7. The summed E-state index contributed by atoms with van der Waals surface area (Å²) in [6.07, 6.45) is 1.79. The van der Waals surface area contributed by atoms with Gasteiger partial charge in [-0.15, -0.1) is 0 Å². The van der Waals surface area contributed by atoms with Gasteiger partial charge in [-0.1, -0.05) is 0 Å². The molecule has 0 aliphatic heterocycles. The molecule has 74 valence electrons. The third kappa shape index (κ3) is 2.19. The van der Waals surface area contributed by atoms with Crippen LogP contribution in [0.2, 0.25) is 0 Å². The second-order valence-corrected chi connectivity index (χ2v) is 2.60. The molecule has 0 aliphatic rings. The molecule has 1 heterocycles. The van der Waals surface area contributed by atoms with Crippen LogP contribution in [0.1, 0.15) is 11.3 Å². The van der Waals surface area contributed by atoms with Crippen molar-refractivity contribution in [2.75, 3.05) is 0 Å². The summed E-state index contributed by atoms with van der Waals surface area (Å²) in [4.78, 5) is 36.3. The first-order valence-corrected chi connectivity index (χ1v) is 3.73. The van der Waals surface area contributed by atoms with Crippen molar-refractivity contribution in [1.29, 1.82) is 0 Å². The van der Waals surface area contributed by atoms with Gasteiger partial charge in [-0.25, -0.2) is 4.79 Å². The number of hydrogen-bond acceptors (Lipinski definition) is 4. The Morgan fingerprint density at radius 2 is 2.00 bits per heavy atom. The maximum absolute atomic E-state index is 11.1. The summed E-state index contributed by atoms with van der Waals surface area (Å²) in [6.45, 7) is 1.49. The highest BCUT2D eigenvalue weighted by molar-refractivity contribution is 5.83. The standard InChI is InChI=1S/C8H8N2O4/c1-4-5(2-3-6(11)12)7(13)10-8(14)9-4/h2-3H,1H3,(H,11,12)(H2,9,10,13,14)/p-1. The lowest BCUT2D eigenvalue weighted by Gasteiger charge is -1.97. The predicted octanol–water partition coefficient (Wildman–Crippen LogP) is -1.87. The molecule has 6 heteroatoms. The Balaban J connectivity index is 3.29. The minimum Gasteiger partial charge on any atom is -0.545 e. The maximum Gasteiger partial charge on any atom is 0.325 e. The van der Waals surface area contributed by atoms with Gasteiger partial charge in [0, 0.05) is 5.69 Å². The monoisotopic (exact) mass is 195 g/mol. The molecule has 0 unspecified atom stereocenters. The number of nitrogens with one attached hydrogen (secondary N) is 2. The van der Waals surface area contributed by atoms with Crippen molar-refractivity contribution < 1.29 is 9.90 Å². The summed E-state index contributed by atoms with van der Waals surface area (Å²) >= 11 is 0. The van der Waals surface area contributed by atoms with E-state index in [0.717, 1.165) is 12.2 Å². The Bertz CT molecular complexity index is 495. The van der Waals surface area contributed by atoms with Crippen LogP contribution in [0.25, 0.3) is 6.08 Å². The summed E-state index contributed by atoms with van der Waals surface area (Å²) in [5.41, 5.74) is -0.869. The van der Waals surface area contributed by atoms with Gasteiger partial charge in [0.25, 0.3) is 5.56 Å². The fourth-order valence-corrected chi connectivity index (χ4v) is 0.962. The summed E-state index contributed by atoms with van der Waals surface area (Å²) in [7, 11) is 0. The fourth-order valence-electron chi connectivity index (χ4n) is 0.962. The van der Waals surface area contributed by atoms with Crippen molar-refractivity contribution in [3.8, 4) is 0 Å². The first-order chi connectivity index (χ1) is 6.50. The summed E-state index contributed by atoms with van der Waals surface area (Å²) in [6, 6.07) is 0. The predicted molar refractivity (Wildman–Crippen MR) is 46.5 cm³/mol. The van der Waals surface area contributed by atoms with Crippen LogP contribution < -0.4 is 16.4 Å². The first-order valence-electron chi connectivity index (χ1n) is 3.73. The van der Waals surface area contributed by atoms with Gasteiger partial charge in [-0.05, 0) is 19.1 Å². The lowest BCUT2D eigenvalue weighted by molar-refractivity contribution is -0.297. The van der Waals surface area contributed by atoms with Crippen LogP contribution in [0.3, 0.4) is 0 Å². The van der Waals surface area contributed by atoms with E-state index < -0.39 is 17.2 Å². The molecule has 0 aliphatic carbocycles. The Morgan fingerprint density at radius 3 is 2.50 bits per heavy atom. The minimum absolute atomic E-state index is 0.0915. The summed E-state index contributed by atoms with van der Waals surface area (Å²) < 4.78 is 0. The van der Waals surface area contributed by atoms with Crippen molar-refractivity contribution in [3.63, 3.8) is 0 Å². The molecule has 0 atom stereocenters. The number of carbonyl (C=O) groups is 1. The zero-order valence-corrected chi connectivity index (χ0v) is 7.29. The van der Waals surface area contributed by atoms with Crippen LogP contribution in [0.4, 0.5) is 0 Å². The largest absolute Gasteiger partial charge is 0.545 e. The molecule has 0 radical (unpaired) electrons. The van der Waals surface area contributed by atoms with Crippen LogP contribution in [-0.4, -0.2) is 15.9 Å². The number of aliphatic carboxylic acids is 1. The van der Waals surface area contributed by atoms with Crippen LogP contribution in [0.5, 0.6) is 0 Å². The number of rotatable bonds is 2. The third-order valence-electron chi connectivity index (χ3n) is 1.56. The molecule has 1 rings (SSSR count). The second kappa shape index (κ2) is 3.73. The van der Waals surface area contributed by atoms with E-state index in [9.17, 15) is 19.5 Å². The van der Waals surface area contributed by atoms with E-state index in [1.54, 1.807) is 0 Å². The first kappa shape index (κ1) is 9.97. The number of carboxylic acid groups (broad SMARTS) is 1. The minimum atomic E-state index is -1.41. The number of H-pyrrole nitrogens is 2. The number of aromatic nitrogens is 2. The van der Waals surface area contributed by atoms with Gasteiger partial charge < -0.3 is 14.9 Å². The highest BCUT2D eigenvalue weighted by atomic mass is 16.4. The van der Waals surface area contributed by atoms with Crippen LogP contribution in [-0.2, 0) is 4.79 Å². The highest BCUT2D eigenvalue weighted by Crippen LogP contribution is 1.96. The van der Waals surface area contributed by atoms with Crippen LogP contribution >= 0.6 is 0 Å². The van der Waals surface area contributed by atoms with Crippen molar-refractivity contribution in [2.24, 2.45) is 0 Å². The number of carbonyl (C=O) groups excluding carboxylic acids is 1. The second-order valence-electron chi connectivity index (χ2n) is 2.60. The number of aromatic amines is 2. The molecular weight excluding hydrogens is 188 g/mol. The SMILES string of the molecule is Cc1[nH]c(=O)[nH]c(=O)c1C=CC(=O)[O-]. The van der Waals surface area contributed by atoms with Gasteiger partial charge in [-0.2, -0.15) is 0 Å². The average Bonchev–Trinajstić information content (AvgIpc) is 2.01. The molecule has 0 saturated carbocycles. The highest BCUT2D eigenvalue weighted by Gasteiger charge is 2.00. The Morgan fingerprint density at radius 1 is 1.36 bits per heavy atom. The smallest absolute Gasteiger partial charge is 0.325 e. The van der Waals surface area contributed by atoms with Gasteiger partial charge >= 0.3 is 5.69 Å². The van der Waals surface area contributed by atoms with Crippen LogP contribution in [0, 0.1) is 6.92 Å². The van der Waals surface area contributed by atoms with Crippen LogP contribution in [0.15, 0.2) is 15.7 Å². The van der Waals surface area contributed by atoms with Gasteiger partial charge in [0.1, 0.15) is 0 Å². The van der Waals surface area contributed by atoms with E-state index in [1.165, 1.54) is 6.92 Å². The molecule has 6 nitrogen and oxygen atoms in total. The van der Waals surface area contributed by atoms with Gasteiger partial charge in [0.2, 0.25) is 0 Å². The van der Waals surface area contributed by atoms with Gasteiger partial charge in [-0.3, -0.25) is 9.78 Å². The Kier molecular flexibility index (Phi) is 2.66. The molecule has 0 spiro atoms. The summed E-state index contributed by atoms with van der Waals surface area (Å²) in [5.74, 6) is -1.41. The Labute approximate surface area is 77.9 Å². The normalized spacial score (nSPS) is 10.6. The molecule has 1 aromatic heterocycles. The molecular formula is C8H7N2O4-. The van der Waals surface area contributed by atoms with E-state index in [1.807, 2.05) is 4.98 Å². The topological polar surface area (TPSA) is 106 Å². The number of aryl methyl sites for hydroxylation is 1. The van der Waals surface area contributed by atoms with Crippen molar-refractivity contribution >= 4 is 12.0 Å². The van der Waals surface area contributed by atoms with E-state index >= 15 is 0 Å².